The van der Waals surface area contributed by atoms with E-state index < -0.39 is 11.2 Å². The van der Waals surface area contributed by atoms with E-state index in [4.69, 9.17) is 0 Å². The van der Waals surface area contributed by atoms with Crippen LogP contribution in [0.25, 0.3) is 16.9 Å². The molecule has 1 atom stereocenters. The van der Waals surface area contributed by atoms with Gasteiger partial charge in [0, 0.05) is 37.1 Å². The highest BCUT2D eigenvalue weighted by Crippen LogP contribution is 2.53. The smallest absolute Gasteiger partial charge is 0.325 e. The highest BCUT2D eigenvalue weighted by Gasteiger charge is 2.54. The van der Waals surface area contributed by atoms with E-state index in [1.54, 1.807) is 23.0 Å². The average molecular weight is 340 g/mol. The molecular weight excluding hydrogens is 324 g/mol. The molecule has 1 aliphatic heterocycles. The fourth-order valence-corrected chi connectivity index (χ4v) is 3.65. The molecule has 1 unspecified atom stereocenters. The number of aliphatic hydroxyl groups excluding tert-OH is 1. The molecule has 0 amide bonds. The van der Waals surface area contributed by atoms with Crippen LogP contribution in [0, 0.1) is 5.41 Å². The summed E-state index contributed by atoms with van der Waals surface area (Å²) in [4.78, 5) is 34.5. The number of aromatic nitrogens is 5. The predicted molar refractivity (Wildman–Crippen MR) is 89.6 cm³/mol. The number of hydrogen-bond acceptors (Lipinski definition) is 6. The van der Waals surface area contributed by atoms with Gasteiger partial charge in [-0.3, -0.25) is 9.78 Å². The molecule has 1 saturated heterocycles. The summed E-state index contributed by atoms with van der Waals surface area (Å²) in [7, 11) is 0. The lowest BCUT2D eigenvalue weighted by molar-refractivity contribution is 0.136. The number of nitrogens with one attached hydrogen (secondary N) is 2. The molecule has 128 valence electrons. The van der Waals surface area contributed by atoms with Gasteiger partial charge in [0.25, 0.3) is 5.56 Å². The Morgan fingerprint density at radius 3 is 2.88 bits per heavy atom. The Morgan fingerprint density at radius 1 is 1.32 bits per heavy atom. The molecule has 0 radical (unpaired) electrons. The summed E-state index contributed by atoms with van der Waals surface area (Å²) in [5.41, 5.74) is 1.15. The Balaban J connectivity index is 1.67. The maximum Gasteiger partial charge on any atom is 0.325 e. The second-order valence-electron chi connectivity index (χ2n) is 6.85. The molecule has 0 aromatic carbocycles. The SMILES string of the molecule is O=c1[nH]cc(-c2cc(N3CC(O)C4(CC4)C3)c3nccn3n2)c(=O)[nH]1. The number of H-pyrrole nitrogens is 2. The van der Waals surface area contributed by atoms with E-state index >= 15 is 0 Å². The standard InChI is InChI=1S/C16H16N6O3/c23-12-7-21(8-16(12)1-2-16)11-5-10(20-22-4-3-17-13(11)22)9-6-18-15(25)19-14(9)24/h3-6,12,23H,1-2,7-8H2,(H2,18,19,24,25). The minimum Gasteiger partial charge on any atom is -0.391 e. The molecule has 3 N–H and O–H groups in total. The van der Waals surface area contributed by atoms with Crippen LogP contribution in [0.4, 0.5) is 5.69 Å². The number of aliphatic hydroxyl groups is 1. The molecule has 0 bridgehead atoms. The molecule has 1 aliphatic carbocycles. The summed E-state index contributed by atoms with van der Waals surface area (Å²) >= 11 is 0. The third-order valence-electron chi connectivity index (χ3n) is 5.27. The zero-order valence-corrected chi connectivity index (χ0v) is 13.3. The molecule has 9 nitrogen and oxygen atoms in total. The van der Waals surface area contributed by atoms with E-state index in [-0.39, 0.29) is 17.1 Å². The van der Waals surface area contributed by atoms with Crippen LogP contribution in [0.15, 0.2) is 34.2 Å². The maximum absolute atomic E-state index is 12.1. The topological polar surface area (TPSA) is 119 Å². The number of rotatable bonds is 2. The van der Waals surface area contributed by atoms with Crippen LogP contribution in [0.2, 0.25) is 0 Å². The molecule has 1 saturated carbocycles. The van der Waals surface area contributed by atoms with E-state index in [0.29, 0.717) is 17.9 Å². The number of hydrogen-bond donors (Lipinski definition) is 3. The Morgan fingerprint density at radius 2 is 2.16 bits per heavy atom. The van der Waals surface area contributed by atoms with Gasteiger partial charge in [0.1, 0.15) is 5.69 Å². The van der Waals surface area contributed by atoms with E-state index in [9.17, 15) is 14.7 Å². The van der Waals surface area contributed by atoms with E-state index in [1.165, 1.54) is 6.20 Å². The first-order valence-electron chi connectivity index (χ1n) is 8.16. The van der Waals surface area contributed by atoms with E-state index in [2.05, 4.69) is 25.0 Å². The van der Waals surface area contributed by atoms with Gasteiger partial charge in [-0.2, -0.15) is 5.10 Å². The van der Waals surface area contributed by atoms with Gasteiger partial charge in [-0.25, -0.2) is 14.3 Å². The van der Waals surface area contributed by atoms with Gasteiger partial charge in [-0.05, 0) is 18.9 Å². The quantitative estimate of drug-likeness (QED) is 0.591. The second kappa shape index (κ2) is 4.79. The largest absolute Gasteiger partial charge is 0.391 e. The molecule has 1 spiro atoms. The number of fused-ring (bicyclic) bond motifs is 1. The van der Waals surface area contributed by atoms with Gasteiger partial charge in [-0.1, -0.05) is 0 Å². The molecule has 9 heteroatoms. The predicted octanol–water partition coefficient (Wildman–Crippen LogP) is -0.266. The van der Waals surface area contributed by atoms with Gasteiger partial charge in [-0.15, -0.1) is 0 Å². The van der Waals surface area contributed by atoms with Crippen LogP contribution in [-0.2, 0) is 0 Å². The van der Waals surface area contributed by atoms with Crippen molar-refractivity contribution in [2.75, 3.05) is 18.0 Å². The number of imidazole rings is 1. The third-order valence-corrected chi connectivity index (χ3v) is 5.27. The summed E-state index contributed by atoms with van der Waals surface area (Å²) < 4.78 is 1.61. The molecule has 2 aliphatic rings. The highest BCUT2D eigenvalue weighted by molar-refractivity contribution is 5.74. The van der Waals surface area contributed by atoms with Crippen LogP contribution < -0.4 is 16.1 Å². The summed E-state index contributed by atoms with van der Waals surface area (Å²) in [6, 6.07) is 1.79. The lowest BCUT2D eigenvalue weighted by atomic mass is 10.0. The summed E-state index contributed by atoms with van der Waals surface area (Å²) in [5, 5.41) is 14.8. The summed E-state index contributed by atoms with van der Waals surface area (Å²) in [5.74, 6) is 0. The van der Waals surface area contributed by atoms with Crippen molar-refractivity contribution in [2.45, 2.75) is 18.9 Å². The Kier molecular flexibility index (Phi) is 2.76. The van der Waals surface area contributed by atoms with E-state index in [0.717, 1.165) is 25.1 Å². The lowest BCUT2D eigenvalue weighted by Gasteiger charge is -2.19. The van der Waals surface area contributed by atoms with Crippen LogP contribution in [-0.4, -0.2) is 48.9 Å². The van der Waals surface area contributed by atoms with Crippen LogP contribution >= 0.6 is 0 Å². The second-order valence-corrected chi connectivity index (χ2v) is 6.85. The molecule has 25 heavy (non-hydrogen) atoms. The first-order valence-corrected chi connectivity index (χ1v) is 8.16. The number of β-amino-alcohol motifs (C(OH)–C–C–N with tert-alkyl or cyclic N) is 1. The van der Waals surface area contributed by atoms with Crippen molar-refractivity contribution in [3.8, 4) is 11.3 Å². The normalized spacial score (nSPS) is 21.3. The fraction of sp³-hybridized carbons (Fsp3) is 0.375. The van der Waals surface area contributed by atoms with Gasteiger partial charge in [0.2, 0.25) is 0 Å². The van der Waals surface area contributed by atoms with E-state index in [1.807, 2.05) is 0 Å². The number of anilines is 1. The zero-order chi connectivity index (χ0) is 17.2. The molecule has 4 heterocycles. The van der Waals surface area contributed by atoms with Crippen LogP contribution in [0.3, 0.4) is 0 Å². The van der Waals surface area contributed by atoms with Crippen molar-refractivity contribution in [3.05, 3.63) is 45.5 Å². The Labute approximate surface area is 141 Å². The summed E-state index contributed by atoms with van der Waals surface area (Å²) in [6.45, 7) is 1.30. The van der Waals surface area contributed by atoms with Gasteiger partial charge in [0.15, 0.2) is 5.65 Å². The van der Waals surface area contributed by atoms with Crippen molar-refractivity contribution in [1.82, 2.24) is 24.6 Å². The molecule has 2 fully saturated rings. The Hall–Kier alpha value is -2.94. The van der Waals surface area contributed by atoms with Crippen molar-refractivity contribution in [2.24, 2.45) is 5.41 Å². The maximum atomic E-state index is 12.1. The monoisotopic (exact) mass is 340 g/mol. The van der Waals surface area contributed by atoms with Crippen molar-refractivity contribution in [3.63, 3.8) is 0 Å². The number of nitrogens with zero attached hydrogens (tertiary/aromatic N) is 4. The minimum absolute atomic E-state index is 0.00245. The zero-order valence-electron chi connectivity index (χ0n) is 13.3. The average Bonchev–Trinajstić information content (AvgIpc) is 3.07. The van der Waals surface area contributed by atoms with Gasteiger partial charge < -0.3 is 15.0 Å². The van der Waals surface area contributed by atoms with Gasteiger partial charge >= 0.3 is 5.69 Å². The molecular formula is C16H16N6O3. The lowest BCUT2D eigenvalue weighted by Crippen LogP contribution is -2.24. The first kappa shape index (κ1) is 14.4. The first-order chi connectivity index (χ1) is 12.1. The Bertz CT molecular complexity index is 1090. The third kappa shape index (κ3) is 2.12. The van der Waals surface area contributed by atoms with Crippen molar-refractivity contribution in [1.29, 1.82) is 0 Å². The minimum atomic E-state index is -0.559. The van der Waals surface area contributed by atoms with Crippen LogP contribution in [0.1, 0.15) is 12.8 Å². The van der Waals surface area contributed by atoms with Crippen LogP contribution in [0.5, 0.6) is 0 Å². The van der Waals surface area contributed by atoms with Crippen molar-refractivity contribution >= 4 is 11.3 Å². The highest BCUT2D eigenvalue weighted by atomic mass is 16.3. The molecule has 5 rings (SSSR count). The van der Waals surface area contributed by atoms with Crippen molar-refractivity contribution < 1.29 is 5.11 Å². The summed E-state index contributed by atoms with van der Waals surface area (Å²) in [6.07, 6.45) is 6.43. The number of aromatic amines is 2. The molecule has 3 aromatic rings. The fourth-order valence-electron chi connectivity index (χ4n) is 3.65. The van der Waals surface area contributed by atoms with Gasteiger partial charge in [0.05, 0.1) is 17.4 Å². The molecule has 3 aromatic heterocycles.